The van der Waals surface area contributed by atoms with Gasteiger partial charge in [0.2, 0.25) is 0 Å². The van der Waals surface area contributed by atoms with Crippen molar-refractivity contribution >= 4 is 11.9 Å². The first kappa shape index (κ1) is 15.1. The van der Waals surface area contributed by atoms with Crippen molar-refractivity contribution in [2.45, 2.75) is 32.9 Å². The summed E-state index contributed by atoms with van der Waals surface area (Å²) in [5.41, 5.74) is 5.44. The lowest BCUT2D eigenvalue weighted by Gasteiger charge is -2.19. The summed E-state index contributed by atoms with van der Waals surface area (Å²) in [6.07, 6.45) is 2.09. The van der Waals surface area contributed by atoms with E-state index in [1.54, 1.807) is 6.92 Å². The molecule has 2 atom stereocenters. The molecule has 19 heavy (non-hydrogen) atoms. The number of rotatable bonds is 7. The van der Waals surface area contributed by atoms with Crippen LogP contribution in [0.1, 0.15) is 30.8 Å². The van der Waals surface area contributed by atoms with E-state index in [0.29, 0.717) is 19.5 Å². The minimum atomic E-state index is -1.06. The second-order valence-corrected chi connectivity index (χ2v) is 4.33. The van der Waals surface area contributed by atoms with Crippen LogP contribution < -0.4 is 11.1 Å². The molecule has 4 N–H and O–H groups in total. The Balaban J connectivity index is 2.73. The van der Waals surface area contributed by atoms with E-state index in [-0.39, 0.29) is 11.6 Å². The summed E-state index contributed by atoms with van der Waals surface area (Å²) >= 11 is 0. The average Bonchev–Trinajstić information content (AvgIpc) is 2.83. The number of carbonyl (C=O) groups excluding carboxylic acids is 1. The topological polar surface area (TPSA) is 123 Å². The Hall–Kier alpha value is -1.96. The smallest absolute Gasteiger partial charge is 0.326 e. The van der Waals surface area contributed by atoms with Crippen molar-refractivity contribution in [3.8, 4) is 0 Å². The summed E-state index contributed by atoms with van der Waals surface area (Å²) in [5, 5.41) is 18.9. The molecule has 0 bridgehead atoms. The van der Waals surface area contributed by atoms with Gasteiger partial charge in [-0.15, -0.1) is 5.10 Å². The van der Waals surface area contributed by atoms with Gasteiger partial charge in [0.15, 0.2) is 5.69 Å². The fourth-order valence-corrected chi connectivity index (χ4v) is 1.54. The first-order valence-corrected chi connectivity index (χ1v) is 6.13. The molecule has 1 amide bonds. The molecule has 8 nitrogen and oxygen atoms in total. The van der Waals surface area contributed by atoms with Crippen molar-refractivity contribution in [2.24, 2.45) is 11.7 Å². The van der Waals surface area contributed by atoms with Crippen molar-refractivity contribution < 1.29 is 14.7 Å². The highest BCUT2D eigenvalue weighted by Gasteiger charge is 2.26. The van der Waals surface area contributed by atoms with Gasteiger partial charge < -0.3 is 16.2 Å². The van der Waals surface area contributed by atoms with E-state index in [1.165, 1.54) is 10.9 Å². The number of carboxylic acid groups (broad SMARTS) is 1. The number of nitrogens with zero attached hydrogens (tertiary/aromatic N) is 3. The number of aliphatic carboxylic acids is 1. The molecular weight excluding hydrogens is 250 g/mol. The van der Waals surface area contributed by atoms with E-state index in [2.05, 4.69) is 15.6 Å². The van der Waals surface area contributed by atoms with Crippen molar-refractivity contribution in [2.75, 3.05) is 6.54 Å². The fourth-order valence-electron chi connectivity index (χ4n) is 1.54. The Labute approximate surface area is 111 Å². The van der Waals surface area contributed by atoms with Gasteiger partial charge in [-0.2, -0.15) is 0 Å². The lowest BCUT2D eigenvalue weighted by atomic mass is 9.99. The number of nitrogens with one attached hydrogen (secondary N) is 1. The highest BCUT2D eigenvalue weighted by molar-refractivity contribution is 5.94. The quantitative estimate of drug-likeness (QED) is 0.611. The molecule has 1 aromatic heterocycles. The van der Waals surface area contributed by atoms with Crippen molar-refractivity contribution in [1.29, 1.82) is 0 Å². The van der Waals surface area contributed by atoms with E-state index in [9.17, 15) is 9.59 Å². The Morgan fingerprint density at radius 3 is 2.79 bits per heavy atom. The molecule has 8 heteroatoms. The van der Waals surface area contributed by atoms with Gasteiger partial charge in [-0.25, -0.2) is 4.79 Å². The second kappa shape index (κ2) is 6.83. The van der Waals surface area contributed by atoms with Crippen LogP contribution in [0.25, 0.3) is 0 Å². The Morgan fingerprint density at radius 1 is 1.58 bits per heavy atom. The molecule has 1 aromatic rings. The van der Waals surface area contributed by atoms with Crippen LogP contribution in [-0.4, -0.2) is 44.6 Å². The molecule has 0 saturated heterocycles. The predicted octanol–water partition coefficient (Wildman–Crippen LogP) is -0.534. The lowest BCUT2D eigenvalue weighted by molar-refractivity contribution is -0.140. The standard InChI is InChI=1S/C11H19N5O3/c1-3-7(2)9(11(18)19)13-10(17)8-6-16(5-4-12)15-14-8/h6-7,9H,3-5,12H2,1-2H3,(H,13,17)(H,18,19). The molecule has 1 heterocycles. The van der Waals surface area contributed by atoms with Crippen LogP contribution in [0.15, 0.2) is 6.20 Å². The molecule has 0 aliphatic carbocycles. The van der Waals surface area contributed by atoms with E-state index < -0.39 is 17.9 Å². The zero-order valence-corrected chi connectivity index (χ0v) is 11.0. The minimum Gasteiger partial charge on any atom is -0.480 e. The third kappa shape index (κ3) is 4.02. The van der Waals surface area contributed by atoms with Gasteiger partial charge in [0.05, 0.1) is 12.7 Å². The third-order valence-corrected chi connectivity index (χ3v) is 2.90. The lowest BCUT2D eigenvalue weighted by Crippen LogP contribution is -2.45. The van der Waals surface area contributed by atoms with Crippen LogP contribution in [0.4, 0.5) is 0 Å². The minimum absolute atomic E-state index is 0.0861. The zero-order valence-electron chi connectivity index (χ0n) is 11.0. The number of amides is 1. The van der Waals surface area contributed by atoms with E-state index in [0.717, 1.165) is 0 Å². The van der Waals surface area contributed by atoms with Gasteiger partial charge >= 0.3 is 5.97 Å². The van der Waals surface area contributed by atoms with E-state index in [4.69, 9.17) is 10.8 Å². The largest absolute Gasteiger partial charge is 0.480 e. The number of carbonyl (C=O) groups is 2. The predicted molar refractivity (Wildman–Crippen MR) is 67.4 cm³/mol. The number of nitrogens with two attached hydrogens (primary N) is 1. The van der Waals surface area contributed by atoms with Gasteiger partial charge in [0.1, 0.15) is 6.04 Å². The van der Waals surface area contributed by atoms with Crippen molar-refractivity contribution in [3.05, 3.63) is 11.9 Å². The fraction of sp³-hybridized carbons (Fsp3) is 0.636. The molecular formula is C11H19N5O3. The molecule has 0 spiro atoms. The summed E-state index contributed by atoms with van der Waals surface area (Å²) in [5.74, 6) is -1.77. The summed E-state index contributed by atoms with van der Waals surface area (Å²) in [7, 11) is 0. The molecule has 2 unspecified atom stereocenters. The van der Waals surface area contributed by atoms with Gasteiger partial charge in [-0.05, 0) is 5.92 Å². The van der Waals surface area contributed by atoms with Gasteiger partial charge in [-0.3, -0.25) is 9.48 Å². The van der Waals surface area contributed by atoms with Crippen LogP contribution >= 0.6 is 0 Å². The summed E-state index contributed by atoms with van der Waals surface area (Å²) < 4.78 is 1.44. The van der Waals surface area contributed by atoms with Crippen LogP contribution in [-0.2, 0) is 11.3 Å². The van der Waals surface area contributed by atoms with Crippen LogP contribution in [0.2, 0.25) is 0 Å². The number of carboxylic acids is 1. The van der Waals surface area contributed by atoms with Crippen molar-refractivity contribution in [1.82, 2.24) is 20.3 Å². The maximum absolute atomic E-state index is 11.9. The molecule has 0 radical (unpaired) electrons. The summed E-state index contributed by atoms with van der Waals surface area (Å²) in [6, 6.07) is -0.933. The zero-order chi connectivity index (χ0) is 14.4. The third-order valence-electron chi connectivity index (χ3n) is 2.90. The molecule has 0 fully saturated rings. The molecule has 1 rings (SSSR count). The molecule has 106 valence electrons. The number of hydrogen-bond donors (Lipinski definition) is 3. The summed E-state index contributed by atoms with van der Waals surface area (Å²) in [6.45, 7) is 4.47. The SMILES string of the molecule is CCC(C)C(NC(=O)c1cn(CCN)nn1)C(=O)O. The molecule has 0 aromatic carbocycles. The number of aromatic nitrogens is 3. The van der Waals surface area contributed by atoms with Gasteiger partial charge in [-0.1, -0.05) is 25.5 Å². The highest BCUT2D eigenvalue weighted by Crippen LogP contribution is 2.08. The summed E-state index contributed by atoms with van der Waals surface area (Å²) in [4.78, 5) is 23.0. The van der Waals surface area contributed by atoms with Crippen LogP contribution in [0.3, 0.4) is 0 Å². The first-order valence-electron chi connectivity index (χ1n) is 6.13. The second-order valence-electron chi connectivity index (χ2n) is 4.33. The molecule has 0 aliphatic heterocycles. The average molecular weight is 269 g/mol. The van der Waals surface area contributed by atoms with Gasteiger partial charge in [0, 0.05) is 6.54 Å². The Bertz CT molecular complexity index is 445. The maximum atomic E-state index is 11.9. The maximum Gasteiger partial charge on any atom is 0.326 e. The first-order chi connectivity index (χ1) is 8.99. The van der Waals surface area contributed by atoms with Crippen LogP contribution in [0.5, 0.6) is 0 Å². The Kier molecular flexibility index (Phi) is 5.43. The van der Waals surface area contributed by atoms with E-state index >= 15 is 0 Å². The van der Waals surface area contributed by atoms with Crippen molar-refractivity contribution in [3.63, 3.8) is 0 Å². The normalized spacial score (nSPS) is 13.8. The number of hydrogen-bond acceptors (Lipinski definition) is 5. The monoisotopic (exact) mass is 269 g/mol. The van der Waals surface area contributed by atoms with Gasteiger partial charge in [0.25, 0.3) is 5.91 Å². The molecule has 0 saturated carbocycles. The highest BCUT2D eigenvalue weighted by atomic mass is 16.4. The van der Waals surface area contributed by atoms with E-state index in [1.807, 2.05) is 6.92 Å². The van der Waals surface area contributed by atoms with Crippen LogP contribution in [0, 0.1) is 5.92 Å². The Morgan fingerprint density at radius 2 is 2.26 bits per heavy atom. The molecule has 0 aliphatic rings.